The van der Waals surface area contributed by atoms with Gasteiger partial charge in [0, 0.05) is 19.6 Å². The maximum absolute atomic E-state index is 8.81. The van der Waals surface area contributed by atoms with Crippen molar-refractivity contribution in [1.82, 2.24) is 4.90 Å². The zero-order valence-electron chi connectivity index (χ0n) is 12.7. The summed E-state index contributed by atoms with van der Waals surface area (Å²) in [5.74, 6) is 1.04. The smallest absolute Gasteiger partial charge is 0.0701 e. The van der Waals surface area contributed by atoms with Gasteiger partial charge in [0.25, 0.3) is 0 Å². The topological polar surface area (TPSA) is 32.7 Å². The summed E-state index contributed by atoms with van der Waals surface area (Å²) in [5, 5.41) is 8.81. The lowest BCUT2D eigenvalue weighted by molar-refractivity contribution is -0.0145. The Morgan fingerprint density at radius 3 is 2.30 bits per heavy atom. The van der Waals surface area contributed by atoms with Gasteiger partial charge in [-0.2, -0.15) is 12.6 Å². The molecule has 0 bridgehead atoms. The predicted octanol–water partition coefficient (Wildman–Crippen LogP) is 2.73. The van der Waals surface area contributed by atoms with Crippen molar-refractivity contribution in [3.05, 3.63) is 0 Å². The molecule has 118 valence electrons. The summed E-state index contributed by atoms with van der Waals surface area (Å²) in [6, 6.07) is 0. The molecule has 2 aliphatic rings. The summed E-state index contributed by atoms with van der Waals surface area (Å²) >= 11 is 4.68. The van der Waals surface area contributed by atoms with Gasteiger partial charge in [-0.25, -0.2) is 0 Å². The van der Waals surface area contributed by atoms with E-state index >= 15 is 0 Å². The molecule has 4 heteroatoms. The Morgan fingerprint density at radius 2 is 1.75 bits per heavy atom. The van der Waals surface area contributed by atoms with Gasteiger partial charge in [0.05, 0.1) is 19.3 Å². The lowest BCUT2D eigenvalue weighted by Crippen LogP contribution is -2.44. The Balaban J connectivity index is 1.78. The van der Waals surface area contributed by atoms with Gasteiger partial charge >= 0.3 is 0 Å². The average Bonchev–Trinajstić information content (AvgIpc) is 2.73. The van der Waals surface area contributed by atoms with E-state index in [1.165, 1.54) is 45.1 Å². The molecule has 2 rings (SSSR count). The van der Waals surface area contributed by atoms with Crippen molar-refractivity contribution < 1.29 is 9.84 Å². The Hall–Kier alpha value is 0.230. The van der Waals surface area contributed by atoms with Crippen LogP contribution in [0.5, 0.6) is 0 Å². The SMILES string of the molecule is OCCOC1CCN(CC2(CS)CCCCCC2)CC1. The van der Waals surface area contributed by atoms with Crippen molar-refractivity contribution in [2.45, 2.75) is 57.5 Å². The first-order chi connectivity index (χ1) is 9.78. The first-order valence-electron chi connectivity index (χ1n) is 8.34. The van der Waals surface area contributed by atoms with E-state index in [9.17, 15) is 0 Å². The van der Waals surface area contributed by atoms with Gasteiger partial charge in [-0.1, -0.05) is 25.7 Å². The van der Waals surface area contributed by atoms with Gasteiger partial charge in [-0.05, 0) is 36.9 Å². The number of nitrogens with zero attached hydrogens (tertiary/aromatic N) is 1. The van der Waals surface area contributed by atoms with Gasteiger partial charge in [0.2, 0.25) is 0 Å². The molecule has 3 nitrogen and oxygen atoms in total. The Morgan fingerprint density at radius 1 is 1.10 bits per heavy atom. The van der Waals surface area contributed by atoms with E-state index in [1.807, 2.05) is 0 Å². The molecule has 1 heterocycles. The molecular formula is C16H31NO2S. The van der Waals surface area contributed by atoms with E-state index in [0.29, 0.717) is 18.1 Å². The van der Waals surface area contributed by atoms with Crippen LogP contribution in [0.15, 0.2) is 0 Å². The fraction of sp³-hybridized carbons (Fsp3) is 1.00. The number of thiol groups is 1. The van der Waals surface area contributed by atoms with Crippen LogP contribution in [0.3, 0.4) is 0 Å². The summed E-state index contributed by atoms with van der Waals surface area (Å²) in [6.45, 7) is 4.15. The molecule has 0 aromatic carbocycles. The quantitative estimate of drug-likeness (QED) is 0.584. The number of hydrogen-bond donors (Lipinski definition) is 2. The fourth-order valence-electron chi connectivity index (χ4n) is 3.77. The van der Waals surface area contributed by atoms with Crippen molar-refractivity contribution >= 4 is 12.6 Å². The molecule has 0 aromatic rings. The van der Waals surface area contributed by atoms with Crippen LogP contribution in [0.2, 0.25) is 0 Å². The third-order valence-corrected chi connectivity index (χ3v) is 5.71. The molecule has 0 atom stereocenters. The molecule has 0 amide bonds. The van der Waals surface area contributed by atoms with E-state index in [0.717, 1.165) is 31.7 Å². The predicted molar refractivity (Wildman–Crippen MR) is 86.5 cm³/mol. The second-order valence-corrected chi connectivity index (χ2v) is 6.96. The first-order valence-corrected chi connectivity index (χ1v) is 8.97. The summed E-state index contributed by atoms with van der Waals surface area (Å²) in [4.78, 5) is 2.63. The molecule has 0 aromatic heterocycles. The van der Waals surface area contributed by atoms with Crippen LogP contribution in [0.1, 0.15) is 51.4 Å². The van der Waals surface area contributed by atoms with Crippen LogP contribution in [0.25, 0.3) is 0 Å². The molecule has 0 spiro atoms. The number of piperidine rings is 1. The van der Waals surface area contributed by atoms with Crippen LogP contribution in [-0.2, 0) is 4.74 Å². The lowest BCUT2D eigenvalue weighted by Gasteiger charge is -2.40. The second kappa shape index (κ2) is 8.62. The number of rotatable bonds is 6. The van der Waals surface area contributed by atoms with E-state index in [1.54, 1.807) is 0 Å². The minimum atomic E-state index is 0.142. The summed E-state index contributed by atoms with van der Waals surface area (Å²) in [6.07, 6.45) is 10.9. The fourth-order valence-corrected chi connectivity index (χ4v) is 4.19. The number of aliphatic hydroxyl groups is 1. The molecule has 0 radical (unpaired) electrons. The maximum atomic E-state index is 8.81. The third kappa shape index (κ3) is 4.90. The normalized spacial score (nSPS) is 25.5. The highest BCUT2D eigenvalue weighted by atomic mass is 32.1. The summed E-state index contributed by atoms with van der Waals surface area (Å²) in [5.41, 5.74) is 0.457. The zero-order valence-corrected chi connectivity index (χ0v) is 13.6. The van der Waals surface area contributed by atoms with Crippen molar-refractivity contribution in [2.75, 3.05) is 38.6 Å². The summed E-state index contributed by atoms with van der Waals surface area (Å²) in [7, 11) is 0. The van der Waals surface area contributed by atoms with Gasteiger partial charge in [-0.3, -0.25) is 0 Å². The van der Waals surface area contributed by atoms with E-state index < -0.39 is 0 Å². The molecule has 1 saturated carbocycles. The molecule has 1 N–H and O–H groups in total. The Kier molecular flexibility index (Phi) is 7.15. The summed E-state index contributed by atoms with van der Waals surface area (Å²) < 4.78 is 5.65. The monoisotopic (exact) mass is 301 g/mol. The molecule has 2 fully saturated rings. The van der Waals surface area contributed by atoms with Gasteiger partial charge in [0.1, 0.15) is 0 Å². The van der Waals surface area contributed by atoms with Crippen LogP contribution in [0, 0.1) is 5.41 Å². The van der Waals surface area contributed by atoms with Gasteiger partial charge in [-0.15, -0.1) is 0 Å². The highest BCUT2D eigenvalue weighted by Gasteiger charge is 2.33. The number of hydrogen-bond acceptors (Lipinski definition) is 4. The van der Waals surface area contributed by atoms with Crippen molar-refractivity contribution in [3.8, 4) is 0 Å². The molecule has 1 aliphatic heterocycles. The van der Waals surface area contributed by atoms with Crippen LogP contribution in [0.4, 0.5) is 0 Å². The highest BCUT2D eigenvalue weighted by Crippen LogP contribution is 2.37. The Bertz CT molecular complexity index is 259. The zero-order chi connectivity index (χ0) is 14.3. The van der Waals surface area contributed by atoms with E-state index in [4.69, 9.17) is 9.84 Å². The van der Waals surface area contributed by atoms with Crippen molar-refractivity contribution in [3.63, 3.8) is 0 Å². The van der Waals surface area contributed by atoms with E-state index in [-0.39, 0.29) is 6.61 Å². The first kappa shape index (κ1) is 16.6. The molecule has 0 unspecified atom stereocenters. The Labute approximate surface area is 129 Å². The molecule has 1 saturated heterocycles. The molecule has 1 aliphatic carbocycles. The molecular weight excluding hydrogens is 270 g/mol. The van der Waals surface area contributed by atoms with Crippen LogP contribution in [-0.4, -0.2) is 54.7 Å². The maximum Gasteiger partial charge on any atom is 0.0701 e. The van der Waals surface area contributed by atoms with Crippen molar-refractivity contribution in [1.29, 1.82) is 0 Å². The number of likely N-dealkylation sites (tertiary alicyclic amines) is 1. The average molecular weight is 301 g/mol. The highest BCUT2D eigenvalue weighted by molar-refractivity contribution is 7.80. The lowest BCUT2D eigenvalue weighted by atomic mass is 9.81. The van der Waals surface area contributed by atoms with Crippen molar-refractivity contribution in [2.24, 2.45) is 5.41 Å². The minimum Gasteiger partial charge on any atom is -0.394 e. The van der Waals surface area contributed by atoms with Gasteiger partial charge in [0.15, 0.2) is 0 Å². The van der Waals surface area contributed by atoms with Crippen LogP contribution >= 0.6 is 12.6 Å². The molecule has 20 heavy (non-hydrogen) atoms. The number of ether oxygens (including phenoxy) is 1. The van der Waals surface area contributed by atoms with E-state index in [2.05, 4.69) is 17.5 Å². The third-order valence-electron chi connectivity index (χ3n) is 5.04. The van der Waals surface area contributed by atoms with Crippen LogP contribution < -0.4 is 0 Å². The largest absolute Gasteiger partial charge is 0.394 e. The standard InChI is InChI=1S/C16H31NO2S/c18-11-12-19-15-5-9-17(10-6-15)13-16(14-20)7-3-1-2-4-8-16/h15,18,20H,1-14H2. The number of aliphatic hydroxyl groups excluding tert-OH is 1. The minimum absolute atomic E-state index is 0.142. The second-order valence-electron chi connectivity index (χ2n) is 6.64. The van der Waals surface area contributed by atoms with Gasteiger partial charge < -0.3 is 14.7 Å².